The summed E-state index contributed by atoms with van der Waals surface area (Å²) in [5.41, 5.74) is 4.80. The summed E-state index contributed by atoms with van der Waals surface area (Å²) in [6.07, 6.45) is 0. The first-order chi connectivity index (χ1) is 19.5. The number of amides is 2. The fraction of sp³-hybridized carbons (Fsp3) is 0.0938. The third kappa shape index (κ3) is 6.59. The van der Waals surface area contributed by atoms with Gasteiger partial charge in [0, 0.05) is 27.1 Å². The van der Waals surface area contributed by atoms with E-state index in [1.807, 2.05) is 109 Å². The van der Waals surface area contributed by atoms with Crippen molar-refractivity contribution in [2.75, 3.05) is 17.7 Å². The lowest BCUT2D eigenvalue weighted by Gasteiger charge is -2.16. The van der Waals surface area contributed by atoms with Crippen LogP contribution < -0.4 is 15.4 Å². The zero-order valence-electron chi connectivity index (χ0n) is 22.0. The van der Waals surface area contributed by atoms with Crippen molar-refractivity contribution in [2.24, 2.45) is 0 Å². The van der Waals surface area contributed by atoms with Crippen LogP contribution in [0.2, 0.25) is 0 Å². The van der Waals surface area contributed by atoms with Crippen LogP contribution in [0, 0.1) is 6.92 Å². The topological polar surface area (TPSA) is 80.3 Å². The number of carbonyl (C=O) groups is 2. The second kappa shape index (κ2) is 12.6. The monoisotopic (exact) mass is 565 g/mol. The number of hydrogen-bond acceptors (Lipinski definition) is 6. The number of hydrogen-bond donors (Lipinski definition) is 2. The maximum absolute atomic E-state index is 13.5. The van der Waals surface area contributed by atoms with Gasteiger partial charge in [-0.25, -0.2) is 4.98 Å². The molecule has 0 radical (unpaired) electrons. The van der Waals surface area contributed by atoms with Crippen LogP contribution in [0.4, 0.5) is 10.8 Å². The molecule has 0 spiro atoms. The molecule has 5 rings (SSSR count). The van der Waals surface area contributed by atoms with E-state index in [2.05, 4.69) is 15.6 Å². The van der Waals surface area contributed by atoms with E-state index in [9.17, 15) is 9.59 Å². The van der Waals surface area contributed by atoms with Gasteiger partial charge in [-0.15, -0.1) is 23.1 Å². The first kappa shape index (κ1) is 27.2. The number of anilines is 2. The first-order valence-corrected chi connectivity index (χ1v) is 14.4. The molecule has 200 valence electrons. The quantitative estimate of drug-likeness (QED) is 0.178. The van der Waals surface area contributed by atoms with Gasteiger partial charge >= 0.3 is 0 Å². The van der Waals surface area contributed by atoms with Crippen LogP contribution in [0.25, 0.3) is 11.3 Å². The zero-order valence-corrected chi connectivity index (χ0v) is 23.6. The van der Waals surface area contributed by atoms with Crippen LogP contribution in [-0.2, 0) is 4.79 Å². The second-order valence-corrected chi connectivity index (χ2v) is 11.0. The number of thiazole rings is 1. The van der Waals surface area contributed by atoms with Gasteiger partial charge in [-0.05, 0) is 61.0 Å². The Morgan fingerprint density at radius 1 is 0.875 bits per heavy atom. The molecule has 6 nitrogen and oxygen atoms in total. The third-order valence-electron chi connectivity index (χ3n) is 6.10. The Hall–Kier alpha value is -4.40. The largest absolute Gasteiger partial charge is 0.496 e. The first-order valence-electron chi connectivity index (χ1n) is 12.6. The second-order valence-electron chi connectivity index (χ2n) is 8.98. The molecule has 1 heterocycles. The van der Waals surface area contributed by atoms with Crippen molar-refractivity contribution in [3.8, 4) is 17.0 Å². The van der Waals surface area contributed by atoms with Gasteiger partial charge in [-0.1, -0.05) is 60.2 Å². The van der Waals surface area contributed by atoms with Gasteiger partial charge in [0.1, 0.15) is 11.0 Å². The molecule has 0 bridgehead atoms. The summed E-state index contributed by atoms with van der Waals surface area (Å²) in [7, 11) is 1.63. The minimum atomic E-state index is -0.507. The molecule has 0 fully saturated rings. The maximum atomic E-state index is 13.5. The van der Waals surface area contributed by atoms with Crippen molar-refractivity contribution >= 4 is 45.7 Å². The number of thioether (sulfide) groups is 1. The van der Waals surface area contributed by atoms with E-state index in [0.717, 1.165) is 33.0 Å². The van der Waals surface area contributed by atoms with Crippen LogP contribution in [0.3, 0.4) is 0 Å². The molecule has 0 aliphatic carbocycles. The van der Waals surface area contributed by atoms with Gasteiger partial charge in [-0.2, -0.15) is 0 Å². The molecule has 0 saturated heterocycles. The molecular formula is C32H27N3O3S2. The van der Waals surface area contributed by atoms with Crippen molar-refractivity contribution in [1.29, 1.82) is 0 Å². The number of nitrogens with zero attached hydrogens (tertiary/aromatic N) is 1. The van der Waals surface area contributed by atoms with Crippen molar-refractivity contribution < 1.29 is 14.3 Å². The van der Waals surface area contributed by atoms with Gasteiger partial charge in [0.25, 0.3) is 5.91 Å². The summed E-state index contributed by atoms with van der Waals surface area (Å²) in [5, 5.41) is 7.85. The molecule has 2 amide bonds. The Balaban J connectivity index is 1.30. The Labute approximate surface area is 241 Å². The fourth-order valence-corrected chi connectivity index (χ4v) is 5.86. The van der Waals surface area contributed by atoms with Crippen LogP contribution in [0.15, 0.2) is 113 Å². The Bertz CT molecular complexity index is 1620. The molecule has 1 unspecified atom stereocenters. The number of aromatic nitrogens is 1. The van der Waals surface area contributed by atoms with Gasteiger partial charge < -0.3 is 15.4 Å². The normalized spacial score (nSPS) is 11.4. The number of para-hydroxylation sites is 1. The van der Waals surface area contributed by atoms with Crippen molar-refractivity contribution in [2.45, 2.75) is 17.1 Å². The molecule has 5 aromatic rings. The van der Waals surface area contributed by atoms with Crippen LogP contribution >= 0.6 is 23.1 Å². The van der Waals surface area contributed by atoms with Gasteiger partial charge in [0.15, 0.2) is 5.13 Å². The molecule has 4 aromatic carbocycles. The maximum Gasteiger partial charge on any atom is 0.255 e. The SMILES string of the molecule is COc1ccccc1-c1csc(NC(=O)C(Sc2ccc(NC(=O)c3cccc(C)c3)cc2)c2ccccc2)n1. The highest BCUT2D eigenvalue weighted by molar-refractivity contribution is 8.00. The van der Waals surface area contributed by atoms with Gasteiger partial charge in [0.05, 0.1) is 12.8 Å². The molecule has 1 atom stereocenters. The number of ether oxygens (including phenoxy) is 1. The van der Waals surface area contributed by atoms with E-state index in [1.54, 1.807) is 13.2 Å². The van der Waals surface area contributed by atoms with E-state index >= 15 is 0 Å². The molecule has 8 heteroatoms. The molecular weight excluding hydrogens is 539 g/mol. The standard InChI is InChI=1S/C32H27N3O3S2/c1-21-9-8-12-23(19-21)30(36)33-24-15-17-25(18-16-24)40-29(22-10-4-3-5-11-22)31(37)35-32-34-27(20-39-32)26-13-6-7-14-28(26)38-2/h3-20,29H,1-2H3,(H,33,36)(H,34,35,37). The predicted molar refractivity (Wildman–Crippen MR) is 163 cm³/mol. The molecule has 40 heavy (non-hydrogen) atoms. The van der Waals surface area contributed by atoms with Crippen LogP contribution in [0.5, 0.6) is 5.75 Å². The number of aryl methyl sites for hydroxylation is 1. The summed E-state index contributed by atoms with van der Waals surface area (Å²) >= 11 is 2.81. The molecule has 2 N–H and O–H groups in total. The lowest BCUT2D eigenvalue weighted by molar-refractivity contribution is -0.115. The molecule has 0 saturated carbocycles. The minimum absolute atomic E-state index is 0.165. The van der Waals surface area contributed by atoms with E-state index in [4.69, 9.17) is 4.74 Å². The highest BCUT2D eigenvalue weighted by atomic mass is 32.2. The summed E-state index contributed by atoms with van der Waals surface area (Å²) in [5.74, 6) is 0.387. The lowest BCUT2D eigenvalue weighted by atomic mass is 10.1. The van der Waals surface area contributed by atoms with Crippen LogP contribution in [-0.4, -0.2) is 23.9 Å². The van der Waals surface area contributed by atoms with Gasteiger partial charge in [0.2, 0.25) is 5.91 Å². The fourth-order valence-electron chi connectivity index (χ4n) is 4.13. The van der Waals surface area contributed by atoms with Crippen molar-refractivity contribution in [3.63, 3.8) is 0 Å². The lowest BCUT2D eigenvalue weighted by Crippen LogP contribution is -2.19. The summed E-state index contributed by atoms with van der Waals surface area (Å²) in [4.78, 5) is 31.7. The Morgan fingerprint density at radius 2 is 1.62 bits per heavy atom. The molecule has 0 aliphatic rings. The number of carbonyl (C=O) groups excluding carboxylic acids is 2. The number of rotatable bonds is 9. The molecule has 1 aromatic heterocycles. The Morgan fingerprint density at radius 3 is 2.38 bits per heavy atom. The van der Waals surface area contributed by atoms with Gasteiger partial charge in [-0.3, -0.25) is 9.59 Å². The summed E-state index contributed by atoms with van der Waals surface area (Å²) < 4.78 is 5.46. The average molecular weight is 566 g/mol. The van der Waals surface area contributed by atoms with Crippen molar-refractivity contribution in [1.82, 2.24) is 4.98 Å². The highest BCUT2D eigenvalue weighted by Gasteiger charge is 2.23. The average Bonchev–Trinajstić information content (AvgIpc) is 3.45. The number of nitrogens with one attached hydrogen (secondary N) is 2. The number of benzene rings is 4. The van der Waals surface area contributed by atoms with E-state index in [1.165, 1.54) is 23.1 Å². The van der Waals surface area contributed by atoms with Crippen molar-refractivity contribution in [3.05, 3.63) is 125 Å². The summed E-state index contributed by atoms with van der Waals surface area (Å²) in [6, 6.07) is 32.3. The minimum Gasteiger partial charge on any atom is -0.496 e. The van der Waals surface area contributed by atoms with Crippen LogP contribution in [0.1, 0.15) is 26.7 Å². The molecule has 0 aliphatic heterocycles. The Kier molecular flexibility index (Phi) is 8.59. The highest BCUT2D eigenvalue weighted by Crippen LogP contribution is 2.38. The summed E-state index contributed by atoms with van der Waals surface area (Å²) in [6.45, 7) is 1.95. The zero-order chi connectivity index (χ0) is 27.9. The third-order valence-corrected chi connectivity index (χ3v) is 8.13. The predicted octanol–water partition coefficient (Wildman–Crippen LogP) is 7.85. The number of methoxy groups -OCH3 is 1. The van der Waals surface area contributed by atoms with E-state index < -0.39 is 5.25 Å². The van der Waals surface area contributed by atoms with E-state index in [0.29, 0.717) is 16.4 Å². The van der Waals surface area contributed by atoms with E-state index in [-0.39, 0.29) is 11.8 Å². The smallest absolute Gasteiger partial charge is 0.255 e.